The van der Waals surface area contributed by atoms with Crippen LogP contribution in [0.4, 0.5) is 5.13 Å². The molecule has 0 aliphatic heterocycles. The summed E-state index contributed by atoms with van der Waals surface area (Å²) in [7, 11) is 0. The number of terminal acetylenes is 1. The van der Waals surface area contributed by atoms with Crippen LogP contribution in [0, 0.1) is 23.7 Å². The van der Waals surface area contributed by atoms with Crippen molar-refractivity contribution in [1.82, 2.24) is 4.98 Å². The first kappa shape index (κ1) is 10.8. The van der Waals surface area contributed by atoms with Crippen molar-refractivity contribution in [2.45, 2.75) is 19.4 Å². The number of aromatic nitrogens is 1. The lowest BCUT2D eigenvalue weighted by Gasteiger charge is -2.07. The van der Waals surface area contributed by atoms with E-state index in [1.165, 1.54) is 11.3 Å². The molecule has 0 fully saturated rings. The van der Waals surface area contributed by atoms with Crippen LogP contribution >= 0.6 is 22.9 Å². The van der Waals surface area contributed by atoms with Crippen LogP contribution in [0.25, 0.3) is 0 Å². The molecule has 0 bridgehead atoms. The smallest absolute Gasteiger partial charge is 0.185 e. The lowest BCUT2D eigenvalue weighted by molar-refractivity contribution is 0.827. The van der Waals surface area contributed by atoms with Gasteiger partial charge in [-0.1, -0.05) is 22.9 Å². The monoisotopic (exact) mass is 225 g/mol. The van der Waals surface area contributed by atoms with E-state index < -0.39 is 0 Å². The van der Waals surface area contributed by atoms with Crippen LogP contribution < -0.4 is 5.32 Å². The summed E-state index contributed by atoms with van der Waals surface area (Å²) in [6, 6.07) is 2.10. The fraction of sp³-hybridized carbons (Fsp3) is 0.333. The minimum atomic E-state index is 0.133. The van der Waals surface area contributed by atoms with E-state index in [4.69, 9.17) is 23.3 Å². The number of halogens is 1. The first-order valence-corrected chi connectivity index (χ1v) is 5.13. The van der Waals surface area contributed by atoms with Crippen molar-refractivity contribution in [2.75, 3.05) is 5.32 Å². The Morgan fingerprint density at radius 2 is 2.50 bits per heavy atom. The van der Waals surface area contributed by atoms with Crippen molar-refractivity contribution in [1.29, 1.82) is 5.26 Å². The topological polar surface area (TPSA) is 48.7 Å². The Balaban J connectivity index is 2.70. The van der Waals surface area contributed by atoms with Crippen LogP contribution in [0.3, 0.4) is 0 Å². The maximum Gasteiger partial charge on any atom is 0.185 e. The fourth-order valence-electron chi connectivity index (χ4n) is 0.871. The molecule has 1 heterocycles. The second-order valence-electron chi connectivity index (χ2n) is 2.70. The van der Waals surface area contributed by atoms with Gasteiger partial charge in [0, 0.05) is 12.5 Å². The van der Waals surface area contributed by atoms with Gasteiger partial charge in [0.2, 0.25) is 0 Å². The van der Waals surface area contributed by atoms with Crippen molar-refractivity contribution in [3.8, 4) is 18.4 Å². The minimum absolute atomic E-state index is 0.133. The molecular formula is C9H8ClN3S. The molecule has 1 unspecified atom stereocenters. The maximum absolute atomic E-state index is 8.65. The molecular weight excluding hydrogens is 218 g/mol. The van der Waals surface area contributed by atoms with Crippen LogP contribution in [0.1, 0.15) is 18.2 Å². The van der Waals surface area contributed by atoms with E-state index >= 15 is 0 Å². The number of nitriles is 1. The molecule has 0 saturated heterocycles. The predicted octanol–water partition coefficient (Wildman–Crippen LogP) is 2.49. The van der Waals surface area contributed by atoms with Gasteiger partial charge in [0.05, 0.1) is 0 Å². The number of nitrogens with zero attached hydrogens (tertiary/aromatic N) is 2. The summed E-state index contributed by atoms with van der Waals surface area (Å²) >= 11 is 6.93. The van der Waals surface area contributed by atoms with E-state index in [9.17, 15) is 0 Å². The Morgan fingerprint density at radius 1 is 1.79 bits per heavy atom. The SMILES string of the molecule is C#CCC(C)Nc1nc(Cl)c(C#N)s1. The van der Waals surface area contributed by atoms with Crippen LogP contribution in [0.2, 0.25) is 5.15 Å². The van der Waals surface area contributed by atoms with E-state index in [1.807, 2.05) is 13.0 Å². The quantitative estimate of drug-likeness (QED) is 0.805. The minimum Gasteiger partial charge on any atom is -0.358 e. The zero-order valence-electron chi connectivity index (χ0n) is 7.54. The average Bonchev–Trinajstić information content (AvgIpc) is 2.46. The van der Waals surface area contributed by atoms with Gasteiger partial charge in [-0.25, -0.2) is 4.98 Å². The van der Waals surface area contributed by atoms with Gasteiger partial charge in [0.1, 0.15) is 10.9 Å². The third-order valence-electron chi connectivity index (χ3n) is 1.48. The highest BCUT2D eigenvalue weighted by Crippen LogP contribution is 2.26. The predicted molar refractivity (Wildman–Crippen MR) is 58.4 cm³/mol. The summed E-state index contributed by atoms with van der Waals surface area (Å²) in [5, 5.41) is 12.6. The molecule has 14 heavy (non-hydrogen) atoms. The first-order chi connectivity index (χ1) is 6.67. The molecule has 1 rings (SSSR count). The molecule has 1 aromatic heterocycles. The fourth-order valence-corrected chi connectivity index (χ4v) is 1.93. The standard InChI is InChI=1S/C9H8ClN3S/c1-3-4-6(2)12-9-13-8(10)7(5-11)14-9/h1,6H,4H2,2H3,(H,12,13). The molecule has 5 heteroatoms. The zero-order valence-corrected chi connectivity index (χ0v) is 9.11. The molecule has 0 aromatic carbocycles. The van der Waals surface area contributed by atoms with Gasteiger partial charge < -0.3 is 5.32 Å². The van der Waals surface area contributed by atoms with Gasteiger partial charge in [0.15, 0.2) is 10.3 Å². The summed E-state index contributed by atoms with van der Waals surface area (Å²) < 4.78 is 0. The molecule has 1 aromatic rings. The third-order valence-corrected chi connectivity index (χ3v) is 2.76. The van der Waals surface area contributed by atoms with Gasteiger partial charge >= 0.3 is 0 Å². The van der Waals surface area contributed by atoms with E-state index in [2.05, 4.69) is 16.2 Å². The Bertz CT molecular complexity index is 399. The molecule has 72 valence electrons. The van der Waals surface area contributed by atoms with Crippen LogP contribution in [0.15, 0.2) is 0 Å². The molecule has 0 aliphatic carbocycles. The largest absolute Gasteiger partial charge is 0.358 e. The number of hydrogen-bond donors (Lipinski definition) is 1. The second-order valence-corrected chi connectivity index (χ2v) is 4.06. The van der Waals surface area contributed by atoms with Crippen molar-refractivity contribution in [3.63, 3.8) is 0 Å². The summed E-state index contributed by atoms with van der Waals surface area (Å²) in [4.78, 5) is 4.40. The summed E-state index contributed by atoms with van der Waals surface area (Å²) in [6.45, 7) is 1.95. The lowest BCUT2D eigenvalue weighted by atomic mass is 10.2. The molecule has 1 N–H and O–H groups in total. The molecule has 0 saturated carbocycles. The van der Waals surface area contributed by atoms with Crippen LogP contribution in [0.5, 0.6) is 0 Å². The van der Waals surface area contributed by atoms with Crippen LogP contribution in [-0.2, 0) is 0 Å². The van der Waals surface area contributed by atoms with Crippen molar-refractivity contribution in [3.05, 3.63) is 10.0 Å². The highest BCUT2D eigenvalue weighted by molar-refractivity contribution is 7.16. The van der Waals surface area contributed by atoms with E-state index in [-0.39, 0.29) is 11.2 Å². The lowest BCUT2D eigenvalue weighted by Crippen LogP contribution is -2.13. The van der Waals surface area contributed by atoms with Crippen molar-refractivity contribution in [2.24, 2.45) is 0 Å². The molecule has 1 atom stereocenters. The van der Waals surface area contributed by atoms with E-state index in [0.29, 0.717) is 16.4 Å². The number of hydrogen-bond acceptors (Lipinski definition) is 4. The summed E-state index contributed by atoms with van der Waals surface area (Å²) in [5.41, 5.74) is 0. The number of rotatable bonds is 3. The molecule has 0 radical (unpaired) electrons. The summed E-state index contributed by atoms with van der Waals surface area (Å²) in [5.74, 6) is 2.54. The molecule has 0 amide bonds. The molecule has 0 aliphatic rings. The van der Waals surface area contributed by atoms with Crippen LogP contribution in [-0.4, -0.2) is 11.0 Å². The Kier molecular flexibility index (Phi) is 3.76. The Morgan fingerprint density at radius 3 is 3.00 bits per heavy atom. The van der Waals surface area contributed by atoms with Gasteiger partial charge in [-0.15, -0.1) is 12.3 Å². The Labute approximate surface area is 91.7 Å². The van der Waals surface area contributed by atoms with Crippen molar-refractivity contribution < 1.29 is 0 Å². The Hall–Kier alpha value is -1.23. The normalized spacial score (nSPS) is 11.4. The van der Waals surface area contributed by atoms with Gasteiger partial charge in [-0.3, -0.25) is 0 Å². The molecule has 3 nitrogen and oxygen atoms in total. The third kappa shape index (κ3) is 2.63. The highest BCUT2D eigenvalue weighted by Gasteiger charge is 2.09. The van der Waals surface area contributed by atoms with Gasteiger partial charge in [-0.2, -0.15) is 5.26 Å². The maximum atomic E-state index is 8.65. The second kappa shape index (κ2) is 4.85. The summed E-state index contributed by atoms with van der Waals surface area (Å²) in [6.07, 6.45) is 5.77. The average molecular weight is 226 g/mol. The number of thiazole rings is 1. The van der Waals surface area contributed by atoms with Gasteiger partial charge in [0.25, 0.3) is 0 Å². The number of nitrogens with one attached hydrogen (secondary N) is 1. The van der Waals surface area contributed by atoms with Gasteiger partial charge in [-0.05, 0) is 6.92 Å². The van der Waals surface area contributed by atoms with E-state index in [0.717, 1.165) is 0 Å². The first-order valence-electron chi connectivity index (χ1n) is 3.93. The van der Waals surface area contributed by atoms with E-state index in [1.54, 1.807) is 0 Å². The zero-order chi connectivity index (χ0) is 10.6. The molecule has 0 spiro atoms. The van der Waals surface area contributed by atoms with Crippen molar-refractivity contribution >= 4 is 28.1 Å². The highest BCUT2D eigenvalue weighted by atomic mass is 35.5. The number of anilines is 1.